The molecule has 0 aliphatic heterocycles. The summed E-state index contributed by atoms with van der Waals surface area (Å²) in [5, 5.41) is 13.6. The Bertz CT molecular complexity index is 373. The summed E-state index contributed by atoms with van der Waals surface area (Å²) >= 11 is 1.34. The van der Waals surface area contributed by atoms with Gasteiger partial charge in [0, 0.05) is 0 Å². The lowest BCUT2D eigenvalue weighted by molar-refractivity contribution is -0.111. The van der Waals surface area contributed by atoms with E-state index in [1.54, 1.807) is 24.4 Å². The van der Waals surface area contributed by atoms with Gasteiger partial charge in [0.1, 0.15) is 11.1 Å². The van der Waals surface area contributed by atoms with Gasteiger partial charge in [-0.25, -0.2) is 0 Å². The van der Waals surface area contributed by atoms with Gasteiger partial charge in [-0.1, -0.05) is 6.08 Å². The van der Waals surface area contributed by atoms with E-state index in [1.807, 2.05) is 6.07 Å². The van der Waals surface area contributed by atoms with Crippen LogP contribution >= 0.6 is 11.3 Å². The fourth-order valence-corrected chi connectivity index (χ4v) is 1.54. The first-order valence-corrected chi connectivity index (χ1v) is 4.57. The number of anilines is 1. The van der Waals surface area contributed by atoms with Crippen LogP contribution in [0.25, 0.3) is 0 Å². The number of hydrogen-bond acceptors (Lipinski definition) is 3. The lowest BCUT2D eigenvalue weighted by atomic mass is 10.3. The molecule has 4 heteroatoms. The van der Waals surface area contributed by atoms with Crippen LogP contribution in [0.3, 0.4) is 0 Å². The van der Waals surface area contributed by atoms with E-state index in [2.05, 4.69) is 5.32 Å². The molecule has 66 valence electrons. The summed E-state index contributed by atoms with van der Waals surface area (Å²) in [4.78, 5) is 11.1. The smallest absolute Gasteiger partial charge is 0.248 e. The second-order valence-electron chi connectivity index (χ2n) is 2.26. The zero-order valence-electron chi connectivity index (χ0n) is 7.07. The molecule has 0 saturated carbocycles. The van der Waals surface area contributed by atoms with E-state index in [0.717, 1.165) is 0 Å². The molecule has 1 rings (SSSR count). The molecule has 1 aromatic rings. The van der Waals surface area contributed by atoms with Crippen molar-refractivity contribution in [3.8, 4) is 6.07 Å². The summed E-state index contributed by atoms with van der Waals surface area (Å²) in [6.45, 7) is 1.76. The summed E-state index contributed by atoms with van der Waals surface area (Å²) < 4.78 is 0. The molecular formula is C9H8N2OS. The summed E-state index contributed by atoms with van der Waals surface area (Å²) in [5.41, 5.74) is 0.503. The summed E-state index contributed by atoms with van der Waals surface area (Å²) in [5.74, 6) is -0.207. The molecule has 0 aromatic carbocycles. The predicted molar refractivity (Wildman–Crippen MR) is 52.5 cm³/mol. The molecule has 1 N–H and O–H groups in total. The number of thiophene rings is 1. The molecule has 0 spiro atoms. The van der Waals surface area contributed by atoms with Gasteiger partial charge in [-0.2, -0.15) is 5.26 Å². The van der Waals surface area contributed by atoms with Crippen molar-refractivity contribution in [2.45, 2.75) is 6.92 Å². The number of nitrogens with zero attached hydrogens (tertiary/aromatic N) is 1. The molecule has 1 amide bonds. The molecule has 0 aliphatic carbocycles. The van der Waals surface area contributed by atoms with Crippen molar-refractivity contribution in [1.29, 1.82) is 5.26 Å². The Kier molecular flexibility index (Phi) is 3.23. The van der Waals surface area contributed by atoms with Crippen LogP contribution in [0, 0.1) is 11.3 Å². The molecule has 1 aromatic heterocycles. The highest BCUT2D eigenvalue weighted by Crippen LogP contribution is 2.21. The average Bonchev–Trinajstić information content (AvgIpc) is 2.52. The fraction of sp³-hybridized carbons (Fsp3) is 0.111. The Balaban J connectivity index is 2.75. The van der Waals surface area contributed by atoms with Crippen molar-refractivity contribution in [3.63, 3.8) is 0 Å². The third kappa shape index (κ3) is 2.42. The SMILES string of the molecule is C/C=C/C(=O)Nc1sccc1C#N. The van der Waals surface area contributed by atoms with E-state index < -0.39 is 0 Å². The van der Waals surface area contributed by atoms with Gasteiger partial charge < -0.3 is 5.32 Å². The predicted octanol–water partition coefficient (Wildman–Crippen LogP) is 2.13. The molecule has 3 nitrogen and oxygen atoms in total. The third-order valence-corrected chi connectivity index (χ3v) is 2.17. The van der Waals surface area contributed by atoms with E-state index in [4.69, 9.17) is 5.26 Å². The van der Waals surface area contributed by atoms with Crippen LogP contribution in [0.2, 0.25) is 0 Å². The van der Waals surface area contributed by atoms with E-state index in [-0.39, 0.29) is 5.91 Å². The quantitative estimate of drug-likeness (QED) is 0.730. The molecule has 13 heavy (non-hydrogen) atoms. The normalized spacial score (nSPS) is 9.85. The van der Waals surface area contributed by atoms with Gasteiger partial charge in [0.15, 0.2) is 0 Å². The number of nitrogens with one attached hydrogen (secondary N) is 1. The first kappa shape index (κ1) is 9.49. The minimum absolute atomic E-state index is 0.207. The van der Waals surface area contributed by atoms with E-state index in [1.165, 1.54) is 17.4 Å². The molecule has 1 heterocycles. The monoisotopic (exact) mass is 192 g/mol. The van der Waals surface area contributed by atoms with E-state index in [9.17, 15) is 4.79 Å². The van der Waals surface area contributed by atoms with Crippen molar-refractivity contribution in [1.82, 2.24) is 0 Å². The topological polar surface area (TPSA) is 52.9 Å². The minimum atomic E-state index is -0.207. The average molecular weight is 192 g/mol. The minimum Gasteiger partial charge on any atom is -0.313 e. The maximum Gasteiger partial charge on any atom is 0.248 e. The lowest BCUT2D eigenvalue weighted by Crippen LogP contribution is -2.06. The molecule has 0 radical (unpaired) electrons. The number of nitriles is 1. The number of allylic oxidation sites excluding steroid dienone is 1. The Morgan fingerprint density at radius 1 is 1.77 bits per heavy atom. The molecular weight excluding hydrogens is 184 g/mol. The lowest BCUT2D eigenvalue weighted by Gasteiger charge is -1.96. The van der Waals surface area contributed by atoms with Gasteiger partial charge in [0.2, 0.25) is 5.91 Å². The van der Waals surface area contributed by atoms with Crippen LogP contribution in [0.1, 0.15) is 12.5 Å². The Hall–Kier alpha value is -1.60. The maximum absolute atomic E-state index is 11.1. The highest BCUT2D eigenvalue weighted by atomic mass is 32.1. The largest absolute Gasteiger partial charge is 0.313 e. The zero-order valence-corrected chi connectivity index (χ0v) is 7.89. The first-order chi connectivity index (χ1) is 6.27. The van der Waals surface area contributed by atoms with Gasteiger partial charge in [-0.3, -0.25) is 4.79 Å². The van der Waals surface area contributed by atoms with Crippen LogP contribution in [-0.4, -0.2) is 5.91 Å². The standard InChI is InChI=1S/C9H8N2OS/c1-2-3-8(12)11-9-7(6-10)4-5-13-9/h2-5H,1H3,(H,11,12)/b3-2+. The second kappa shape index (κ2) is 4.43. The zero-order chi connectivity index (χ0) is 9.68. The van der Waals surface area contributed by atoms with Crippen LogP contribution in [0.5, 0.6) is 0 Å². The van der Waals surface area contributed by atoms with Gasteiger partial charge >= 0.3 is 0 Å². The number of carbonyl (C=O) groups is 1. The van der Waals surface area contributed by atoms with Crippen LogP contribution in [0.15, 0.2) is 23.6 Å². The highest BCUT2D eigenvalue weighted by molar-refractivity contribution is 7.14. The Morgan fingerprint density at radius 2 is 2.54 bits per heavy atom. The van der Waals surface area contributed by atoms with E-state index >= 15 is 0 Å². The summed E-state index contributed by atoms with van der Waals surface area (Å²) in [6.07, 6.45) is 3.07. The Morgan fingerprint density at radius 3 is 3.15 bits per heavy atom. The molecule has 0 fully saturated rings. The Labute approximate surface area is 80.3 Å². The third-order valence-electron chi connectivity index (χ3n) is 1.34. The van der Waals surface area contributed by atoms with Crippen molar-refractivity contribution >= 4 is 22.2 Å². The number of amides is 1. The summed E-state index contributed by atoms with van der Waals surface area (Å²) in [6, 6.07) is 3.67. The van der Waals surface area contributed by atoms with Gasteiger partial charge in [0.25, 0.3) is 0 Å². The first-order valence-electron chi connectivity index (χ1n) is 3.69. The molecule has 0 bridgehead atoms. The second-order valence-corrected chi connectivity index (χ2v) is 3.18. The van der Waals surface area contributed by atoms with Gasteiger partial charge in [-0.05, 0) is 24.4 Å². The van der Waals surface area contributed by atoms with Crippen LogP contribution in [-0.2, 0) is 4.79 Å². The van der Waals surface area contributed by atoms with Crippen molar-refractivity contribution < 1.29 is 4.79 Å². The molecule has 0 aliphatic rings. The fourth-order valence-electron chi connectivity index (χ4n) is 0.799. The maximum atomic E-state index is 11.1. The van der Waals surface area contributed by atoms with E-state index in [0.29, 0.717) is 10.6 Å². The number of rotatable bonds is 2. The van der Waals surface area contributed by atoms with Crippen LogP contribution < -0.4 is 5.32 Å². The molecule has 0 saturated heterocycles. The molecule has 0 unspecified atom stereocenters. The molecule has 0 atom stereocenters. The van der Waals surface area contributed by atoms with Crippen LogP contribution in [0.4, 0.5) is 5.00 Å². The number of hydrogen-bond donors (Lipinski definition) is 1. The van der Waals surface area contributed by atoms with Crippen molar-refractivity contribution in [2.24, 2.45) is 0 Å². The highest BCUT2D eigenvalue weighted by Gasteiger charge is 2.04. The van der Waals surface area contributed by atoms with Gasteiger partial charge in [-0.15, -0.1) is 11.3 Å². The van der Waals surface area contributed by atoms with Crippen molar-refractivity contribution in [3.05, 3.63) is 29.2 Å². The summed E-state index contributed by atoms with van der Waals surface area (Å²) in [7, 11) is 0. The van der Waals surface area contributed by atoms with Crippen molar-refractivity contribution in [2.75, 3.05) is 5.32 Å². The number of carbonyl (C=O) groups excluding carboxylic acids is 1. The van der Waals surface area contributed by atoms with Gasteiger partial charge in [0.05, 0.1) is 5.56 Å².